The molecule has 1 N–H and O–H groups in total. The van der Waals surface area contributed by atoms with E-state index in [1.807, 2.05) is 36.9 Å². The number of hydrogen-bond acceptors (Lipinski definition) is 2. The summed E-state index contributed by atoms with van der Waals surface area (Å²) in [6, 6.07) is 5.74. The molecule has 0 bridgehead atoms. The summed E-state index contributed by atoms with van der Waals surface area (Å²) >= 11 is 3.42. The van der Waals surface area contributed by atoms with Gasteiger partial charge in [0.2, 0.25) is 0 Å². The highest BCUT2D eigenvalue weighted by atomic mass is 79.9. The summed E-state index contributed by atoms with van der Waals surface area (Å²) in [5, 5.41) is 9.69. The van der Waals surface area contributed by atoms with E-state index in [9.17, 15) is 9.90 Å². The Morgan fingerprint density at radius 2 is 2.17 bits per heavy atom. The van der Waals surface area contributed by atoms with Crippen molar-refractivity contribution in [2.45, 2.75) is 26.4 Å². The molecule has 4 heteroatoms. The molecule has 3 nitrogen and oxygen atoms in total. The average molecular weight is 312 g/mol. The third-order valence-electron chi connectivity index (χ3n) is 3.44. The molecule has 18 heavy (non-hydrogen) atoms. The molecule has 0 radical (unpaired) electrons. The van der Waals surface area contributed by atoms with E-state index in [-0.39, 0.29) is 17.9 Å². The van der Waals surface area contributed by atoms with Crippen LogP contribution >= 0.6 is 15.9 Å². The summed E-state index contributed by atoms with van der Waals surface area (Å²) in [5.74, 6) is 0.203. The van der Waals surface area contributed by atoms with Crippen LogP contribution in [0, 0.1) is 12.8 Å². The average Bonchev–Trinajstić information content (AvgIpc) is 2.30. The van der Waals surface area contributed by atoms with Gasteiger partial charge in [0.1, 0.15) is 0 Å². The van der Waals surface area contributed by atoms with E-state index in [2.05, 4.69) is 15.9 Å². The SMILES string of the molecule is Cc1cc(Br)cc(C(=O)N2CCC(O)C(C)C2)c1. The van der Waals surface area contributed by atoms with Crippen molar-refractivity contribution in [3.63, 3.8) is 0 Å². The fraction of sp³-hybridized carbons (Fsp3) is 0.500. The van der Waals surface area contributed by atoms with Crippen molar-refractivity contribution >= 4 is 21.8 Å². The Labute approximate surface area is 116 Å². The molecule has 1 heterocycles. The molecule has 0 aliphatic carbocycles. The molecule has 0 spiro atoms. The van der Waals surface area contributed by atoms with Gasteiger partial charge in [-0.1, -0.05) is 22.9 Å². The van der Waals surface area contributed by atoms with E-state index in [0.29, 0.717) is 25.1 Å². The van der Waals surface area contributed by atoms with Gasteiger partial charge in [0, 0.05) is 23.1 Å². The number of carbonyl (C=O) groups excluding carboxylic acids is 1. The molecule has 1 aromatic rings. The summed E-state index contributed by atoms with van der Waals surface area (Å²) in [7, 11) is 0. The molecule has 2 rings (SSSR count). The molecule has 2 atom stereocenters. The first-order valence-corrected chi connectivity index (χ1v) is 7.01. The highest BCUT2D eigenvalue weighted by Gasteiger charge is 2.27. The van der Waals surface area contributed by atoms with Gasteiger partial charge < -0.3 is 10.0 Å². The number of piperidine rings is 1. The molecular weight excluding hydrogens is 294 g/mol. The van der Waals surface area contributed by atoms with Crippen LogP contribution in [-0.4, -0.2) is 35.1 Å². The lowest BCUT2D eigenvalue weighted by Crippen LogP contribution is -2.44. The number of benzene rings is 1. The van der Waals surface area contributed by atoms with Crippen LogP contribution < -0.4 is 0 Å². The number of halogens is 1. The number of amides is 1. The summed E-state index contributed by atoms with van der Waals surface area (Å²) in [5.41, 5.74) is 1.78. The Balaban J connectivity index is 2.16. The lowest BCUT2D eigenvalue weighted by molar-refractivity contribution is 0.0297. The highest BCUT2D eigenvalue weighted by Crippen LogP contribution is 2.21. The number of likely N-dealkylation sites (tertiary alicyclic amines) is 1. The van der Waals surface area contributed by atoms with Crippen molar-refractivity contribution in [1.29, 1.82) is 0 Å². The number of rotatable bonds is 1. The normalized spacial score (nSPS) is 24.1. The maximum Gasteiger partial charge on any atom is 0.253 e. The van der Waals surface area contributed by atoms with Crippen LogP contribution in [0.25, 0.3) is 0 Å². The van der Waals surface area contributed by atoms with Gasteiger partial charge in [-0.25, -0.2) is 0 Å². The van der Waals surface area contributed by atoms with Crippen LogP contribution in [0.3, 0.4) is 0 Å². The Hall–Kier alpha value is -0.870. The monoisotopic (exact) mass is 311 g/mol. The lowest BCUT2D eigenvalue weighted by Gasteiger charge is -2.34. The van der Waals surface area contributed by atoms with Crippen molar-refractivity contribution in [3.05, 3.63) is 33.8 Å². The lowest BCUT2D eigenvalue weighted by atomic mass is 9.96. The zero-order valence-electron chi connectivity index (χ0n) is 10.7. The second kappa shape index (κ2) is 5.41. The van der Waals surface area contributed by atoms with Crippen molar-refractivity contribution in [2.75, 3.05) is 13.1 Å². The molecule has 1 aliphatic heterocycles. The zero-order chi connectivity index (χ0) is 13.3. The number of aliphatic hydroxyl groups is 1. The number of hydrogen-bond donors (Lipinski definition) is 1. The number of carbonyl (C=O) groups is 1. The molecule has 0 aromatic heterocycles. The summed E-state index contributed by atoms with van der Waals surface area (Å²) in [4.78, 5) is 14.2. The van der Waals surface area contributed by atoms with Crippen LogP contribution in [-0.2, 0) is 0 Å². The molecule has 1 amide bonds. The fourth-order valence-corrected chi connectivity index (χ4v) is 2.97. The maximum absolute atomic E-state index is 12.4. The van der Waals surface area contributed by atoms with Crippen molar-refractivity contribution < 1.29 is 9.90 Å². The minimum Gasteiger partial charge on any atom is -0.393 e. The molecule has 1 saturated heterocycles. The first kappa shape index (κ1) is 13.6. The molecule has 0 saturated carbocycles. The largest absolute Gasteiger partial charge is 0.393 e. The summed E-state index contributed by atoms with van der Waals surface area (Å²) in [6.45, 7) is 5.22. The smallest absolute Gasteiger partial charge is 0.253 e. The van der Waals surface area contributed by atoms with Crippen LogP contribution in [0.4, 0.5) is 0 Å². The molecule has 2 unspecified atom stereocenters. The minimum atomic E-state index is -0.279. The van der Waals surface area contributed by atoms with Gasteiger partial charge >= 0.3 is 0 Å². The van der Waals surface area contributed by atoms with Crippen molar-refractivity contribution in [2.24, 2.45) is 5.92 Å². The van der Waals surface area contributed by atoms with Crippen molar-refractivity contribution in [3.8, 4) is 0 Å². The summed E-state index contributed by atoms with van der Waals surface area (Å²) < 4.78 is 0.927. The molecule has 98 valence electrons. The Bertz CT molecular complexity index is 441. The van der Waals surface area contributed by atoms with E-state index < -0.39 is 0 Å². The van der Waals surface area contributed by atoms with E-state index in [4.69, 9.17) is 0 Å². The van der Waals surface area contributed by atoms with E-state index in [1.54, 1.807) is 0 Å². The van der Waals surface area contributed by atoms with E-state index in [0.717, 1.165) is 10.0 Å². The quantitative estimate of drug-likeness (QED) is 0.866. The van der Waals surface area contributed by atoms with Gasteiger partial charge in [-0.05, 0) is 43.0 Å². The molecular formula is C14H18BrNO2. The molecule has 1 aliphatic rings. The standard InChI is InChI=1S/C14H18BrNO2/c1-9-5-11(7-12(15)6-9)14(18)16-4-3-13(17)10(2)8-16/h5-7,10,13,17H,3-4,8H2,1-2H3. The van der Waals surface area contributed by atoms with Crippen LogP contribution in [0.15, 0.2) is 22.7 Å². The minimum absolute atomic E-state index is 0.0538. The van der Waals surface area contributed by atoms with Crippen LogP contribution in [0.5, 0.6) is 0 Å². The second-order valence-electron chi connectivity index (χ2n) is 5.10. The van der Waals surface area contributed by atoms with Crippen LogP contribution in [0.1, 0.15) is 29.3 Å². The Morgan fingerprint density at radius 1 is 1.44 bits per heavy atom. The fourth-order valence-electron chi connectivity index (χ4n) is 2.36. The maximum atomic E-state index is 12.4. The third kappa shape index (κ3) is 2.93. The highest BCUT2D eigenvalue weighted by molar-refractivity contribution is 9.10. The van der Waals surface area contributed by atoms with Crippen LogP contribution in [0.2, 0.25) is 0 Å². The second-order valence-corrected chi connectivity index (χ2v) is 6.02. The van der Waals surface area contributed by atoms with Gasteiger partial charge in [-0.3, -0.25) is 4.79 Å². The zero-order valence-corrected chi connectivity index (χ0v) is 12.3. The predicted octanol–water partition coefficient (Wildman–Crippen LogP) is 2.60. The summed E-state index contributed by atoms with van der Waals surface area (Å²) in [6.07, 6.45) is 0.387. The van der Waals surface area contributed by atoms with Gasteiger partial charge in [-0.2, -0.15) is 0 Å². The number of aliphatic hydroxyl groups excluding tert-OH is 1. The van der Waals surface area contributed by atoms with Gasteiger partial charge in [0.05, 0.1) is 6.10 Å². The third-order valence-corrected chi connectivity index (χ3v) is 3.89. The molecule has 1 fully saturated rings. The molecule has 1 aromatic carbocycles. The topological polar surface area (TPSA) is 40.5 Å². The van der Waals surface area contributed by atoms with E-state index >= 15 is 0 Å². The van der Waals surface area contributed by atoms with Crippen molar-refractivity contribution in [1.82, 2.24) is 4.90 Å². The number of aryl methyl sites for hydroxylation is 1. The Morgan fingerprint density at radius 3 is 2.78 bits per heavy atom. The van der Waals surface area contributed by atoms with Gasteiger partial charge in [0.15, 0.2) is 0 Å². The number of nitrogens with zero attached hydrogens (tertiary/aromatic N) is 1. The van der Waals surface area contributed by atoms with E-state index in [1.165, 1.54) is 0 Å². The van der Waals surface area contributed by atoms with Gasteiger partial charge in [0.25, 0.3) is 5.91 Å². The predicted molar refractivity (Wildman–Crippen MR) is 74.6 cm³/mol. The first-order valence-electron chi connectivity index (χ1n) is 6.22. The first-order chi connectivity index (χ1) is 8.47. The van der Waals surface area contributed by atoms with Gasteiger partial charge in [-0.15, -0.1) is 0 Å². The Kier molecular flexibility index (Phi) is 4.07.